The van der Waals surface area contributed by atoms with Crippen LogP contribution in [0.1, 0.15) is 18.1 Å². The molecule has 2 aromatic rings. The van der Waals surface area contributed by atoms with Gasteiger partial charge in [0.15, 0.2) is 0 Å². The van der Waals surface area contributed by atoms with E-state index in [4.69, 9.17) is 0 Å². The Kier molecular flexibility index (Phi) is 6.50. The minimum absolute atomic E-state index is 0.00798. The zero-order valence-electron chi connectivity index (χ0n) is 14.9. The van der Waals surface area contributed by atoms with Crippen LogP contribution >= 0.6 is 0 Å². The summed E-state index contributed by atoms with van der Waals surface area (Å²) in [5.41, 5.74) is 1.73. The van der Waals surface area contributed by atoms with Crippen LogP contribution in [-0.4, -0.2) is 30.5 Å². The lowest BCUT2D eigenvalue weighted by molar-refractivity contribution is -0.115. The summed E-state index contributed by atoms with van der Waals surface area (Å²) in [6.07, 6.45) is 4.85. The number of carbonyl (C=O) groups excluding carboxylic acids is 1. The number of para-hydroxylation sites is 1. The summed E-state index contributed by atoms with van der Waals surface area (Å²) in [5.74, 6) is -1.11. The van der Waals surface area contributed by atoms with Gasteiger partial charge in [-0.05, 0) is 37.6 Å². The van der Waals surface area contributed by atoms with E-state index >= 15 is 0 Å². The van der Waals surface area contributed by atoms with Crippen molar-refractivity contribution in [1.82, 2.24) is 0 Å². The van der Waals surface area contributed by atoms with Crippen LogP contribution in [0.3, 0.4) is 0 Å². The van der Waals surface area contributed by atoms with Crippen molar-refractivity contribution in [1.29, 1.82) is 0 Å². The van der Waals surface area contributed by atoms with Crippen molar-refractivity contribution in [3.8, 4) is 0 Å². The molecule has 2 aromatic carbocycles. The van der Waals surface area contributed by atoms with Gasteiger partial charge < -0.3 is 0 Å². The number of amides is 1. The summed E-state index contributed by atoms with van der Waals surface area (Å²) in [6, 6.07) is 13.0. The van der Waals surface area contributed by atoms with E-state index in [0.717, 1.165) is 9.87 Å². The molecule has 0 saturated heterocycles. The SMILES string of the molecule is C/C=C/c1ccccc1N(C(=O)CS(C)=O)S(=O)(=O)c1ccc(C)cc1. The van der Waals surface area contributed by atoms with Crippen molar-refractivity contribution >= 4 is 38.5 Å². The van der Waals surface area contributed by atoms with Gasteiger partial charge >= 0.3 is 0 Å². The predicted octanol–water partition coefficient (Wildman–Crippen LogP) is 3.13. The molecule has 1 atom stereocenters. The zero-order chi connectivity index (χ0) is 19.3. The van der Waals surface area contributed by atoms with Crippen molar-refractivity contribution in [3.63, 3.8) is 0 Å². The van der Waals surface area contributed by atoms with Crippen LogP contribution in [0.25, 0.3) is 6.08 Å². The van der Waals surface area contributed by atoms with E-state index in [9.17, 15) is 17.4 Å². The molecule has 0 aromatic heterocycles. The lowest BCUT2D eigenvalue weighted by Gasteiger charge is -2.24. The first-order valence-electron chi connectivity index (χ1n) is 7.94. The van der Waals surface area contributed by atoms with Gasteiger partial charge in [0.05, 0.1) is 10.6 Å². The highest BCUT2D eigenvalue weighted by Gasteiger charge is 2.32. The van der Waals surface area contributed by atoms with E-state index in [1.54, 1.807) is 55.5 Å². The third-order valence-electron chi connectivity index (χ3n) is 3.61. The Bertz CT molecular complexity index is 948. The quantitative estimate of drug-likeness (QED) is 0.758. The van der Waals surface area contributed by atoms with Gasteiger partial charge in [-0.2, -0.15) is 0 Å². The summed E-state index contributed by atoms with van der Waals surface area (Å²) in [4.78, 5) is 12.7. The first kappa shape index (κ1) is 20.1. The average Bonchev–Trinajstić information content (AvgIpc) is 2.56. The topological polar surface area (TPSA) is 71.5 Å². The highest BCUT2D eigenvalue weighted by atomic mass is 32.2. The maximum absolute atomic E-state index is 13.2. The Morgan fingerprint density at radius 1 is 1.12 bits per heavy atom. The number of hydrogen-bond acceptors (Lipinski definition) is 4. The maximum Gasteiger partial charge on any atom is 0.270 e. The number of anilines is 1. The first-order valence-corrected chi connectivity index (χ1v) is 11.1. The fraction of sp³-hybridized carbons (Fsp3) is 0.211. The Morgan fingerprint density at radius 2 is 1.73 bits per heavy atom. The molecule has 0 radical (unpaired) electrons. The maximum atomic E-state index is 13.2. The molecule has 0 spiro atoms. The fourth-order valence-corrected chi connectivity index (χ4v) is 4.45. The standard InChI is InChI=1S/C19H21NO4S2/c1-4-7-16-8-5-6-9-18(16)20(19(21)14-25(3)22)26(23,24)17-12-10-15(2)11-13-17/h4-13H,14H2,1-3H3/b7-4+. The van der Waals surface area contributed by atoms with E-state index in [1.165, 1.54) is 18.4 Å². The number of benzene rings is 2. The molecule has 1 unspecified atom stereocenters. The molecule has 0 aliphatic rings. The smallest absolute Gasteiger partial charge is 0.270 e. The van der Waals surface area contributed by atoms with E-state index in [-0.39, 0.29) is 16.3 Å². The normalized spacial score (nSPS) is 12.9. The average molecular weight is 392 g/mol. The van der Waals surface area contributed by atoms with Crippen molar-refractivity contribution in [2.24, 2.45) is 0 Å². The zero-order valence-corrected chi connectivity index (χ0v) is 16.5. The van der Waals surface area contributed by atoms with Gasteiger partial charge in [-0.25, -0.2) is 12.7 Å². The molecule has 0 N–H and O–H groups in total. The molecule has 1 amide bonds. The molecule has 7 heteroatoms. The van der Waals surface area contributed by atoms with Crippen LogP contribution < -0.4 is 4.31 Å². The van der Waals surface area contributed by atoms with E-state index < -0.39 is 26.7 Å². The van der Waals surface area contributed by atoms with Crippen molar-refractivity contribution in [2.75, 3.05) is 16.3 Å². The molecule has 138 valence electrons. The lowest BCUT2D eigenvalue weighted by Crippen LogP contribution is -2.40. The molecule has 26 heavy (non-hydrogen) atoms. The lowest BCUT2D eigenvalue weighted by atomic mass is 10.1. The van der Waals surface area contributed by atoms with Gasteiger partial charge in [0.25, 0.3) is 15.9 Å². The Hall–Kier alpha value is -2.25. The second-order valence-electron chi connectivity index (χ2n) is 5.75. The number of allylic oxidation sites excluding steroid dienone is 1. The van der Waals surface area contributed by atoms with Gasteiger partial charge in [-0.3, -0.25) is 9.00 Å². The molecule has 0 fully saturated rings. The van der Waals surface area contributed by atoms with Crippen LogP contribution in [0.5, 0.6) is 0 Å². The second-order valence-corrected chi connectivity index (χ2v) is 8.97. The highest BCUT2D eigenvalue weighted by Crippen LogP contribution is 2.28. The van der Waals surface area contributed by atoms with Crippen LogP contribution in [-0.2, 0) is 25.6 Å². The summed E-state index contributed by atoms with van der Waals surface area (Å²) in [7, 11) is -5.61. The van der Waals surface area contributed by atoms with E-state index in [0.29, 0.717) is 5.56 Å². The fourth-order valence-electron chi connectivity index (χ4n) is 2.44. The number of rotatable bonds is 6. The minimum Gasteiger partial charge on any atom is -0.272 e. The van der Waals surface area contributed by atoms with Crippen LogP contribution in [0, 0.1) is 6.92 Å². The number of carbonyl (C=O) groups is 1. The van der Waals surface area contributed by atoms with Crippen molar-refractivity contribution in [3.05, 3.63) is 65.7 Å². The molecule has 5 nitrogen and oxygen atoms in total. The molecular weight excluding hydrogens is 370 g/mol. The van der Waals surface area contributed by atoms with Gasteiger partial charge in [0.1, 0.15) is 5.75 Å². The van der Waals surface area contributed by atoms with Crippen molar-refractivity contribution < 1.29 is 17.4 Å². The largest absolute Gasteiger partial charge is 0.272 e. The van der Waals surface area contributed by atoms with Crippen LogP contribution in [0.2, 0.25) is 0 Å². The Balaban J connectivity index is 2.67. The highest BCUT2D eigenvalue weighted by molar-refractivity contribution is 7.94. The monoisotopic (exact) mass is 391 g/mol. The third kappa shape index (κ3) is 4.47. The predicted molar refractivity (Wildman–Crippen MR) is 106 cm³/mol. The minimum atomic E-state index is -4.14. The molecule has 0 aliphatic heterocycles. The third-order valence-corrected chi connectivity index (χ3v) is 6.02. The van der Waals surface area contributed by atoms with Crippen molar-refractivity contribution in [2.45, 2.75) is 18.7 Å². The van der Waals surface area contributed by atoms with Gasteiger partial charge in [-0.15, -0.1) is 0 Å². The Morgan fingerprint density at radius 3 is 2.31 bits per heavy atom. The summed E-state index contributed by atoms with van der Waals surface area (Å²) in [5, 5.41) is 0. The molecule has 2 rings (SSSR count). The number of hydrogen-bond donors (Lipinski definition) is 0. The van der Waals surface area contributed by atoms with Gasteiger partial charge in [0, 0.05) is 17.1 Å². The Labute approximate surface area is 156 Å². The van der Waals surface area contributed by atoms with Gasteiger partial charge in [-0.1, -0.05) is 48.0 Å². The number of sulfonamides is 1. The summed E-state index contributed by atoms with van der Waals surface area (Å²) in [6.45, 7) is 3.65. The summed E-state index contributed by atoms with van der Waals surface area (Å²) >= 11 is 0. The second kappa shape index (κ2) is 8.42. The number of nitrogens with zero attached hydrogens (tertiary/aromatic N) is 1. The first-order chi connectivity index (χ1) is 12.3. The molecule has 0 heterocycles. The van der Waals surface area contributed by atoms with Crippen LogP contribution in [0.4, 0.5) is 5.69 Å². The molecule has 0 bridgehead atoms. The molecule has 0 saturated carbocycles. The van der Waals surface area contributed by atoms with Crippen LogP contribution in [0.15, 0.2) is 59.5 Å². The molecule has 0 aliphatic carbocycles. The summed E-state index contributed by atoms with van der Waals surface area (Å²) < 4.78 is 38.7. The van der Waals surface area contributed by atoms with E-state index in [2.05, 4.69) is 0 Å². The number of aryl methyl sites for hydroxylation is 1. The van der Waals surface area contributed by atoms with E-state index in [1.807, 2.05) is 6.92 Å². The van der Waals surface area contributed by atoms with Gasteiger partial charge in [0.2, 0.25) is 0 Å². The molecular formula is C19H21NO4S2.